The molecule has 1 aliphatic rings. The Labute approximate surface area is 150 Å². The highest BCUT2D eigenvalue weighted by molar-refractivity contribution is 5.92. The van der Waals surface area contributed by atoms with Crippen LogP contribution in [0, 0.1) is 6.92 Å². The fraction of sp³-hybridized carbons (Fsp3) is 0.263. The SMILES string of the molecule is Cc1cc(=O)c(C(=O)N[C@H]2CCc3nccn3C2)nn1-c1ccccc1. The normalized spacial score (nSPS) is 16.1. The number of hydrogen-bond donors (Lipinski definition) is 1. The summed E-state index contributed by atoms with van der Waals surface area (Å²) < 4.78 is 3.64. The number of carbonyl (C=O) groups is 1. The Hall–Kier alpha value is -3.22. The molecule has 1 atom stereocenters. The van der Waals surface area contributed by atoms with E-state index >= 15 is 0 Å². The molecule has 3 aromatic rings. The molecule has 1 aliphatic heterocycles. The number of aryl methyl sites for hydroxylation is 2. The van der Waals surface area contributed by atoms with E-state index in [1.807, 2.05) is 41.1 Å². The summed E-state index contributed by atoms with van der Waals surface area (Å²) in [7, 11) is 0. The van der Waals surface area contributed by atoms with Gasteiger partial charge in [-0.3, -0.25) is 9.59 Å². The van der Waals surface area contributed by atoms with Crippen molar-refractivity contribution in [1.29, 1.82) is 0 Å². The molecule has 4 rings (SSSR count). The van der Waals surface area contributed by atoms with E-state index < -0.39 is 5.91 Å². The van der Waals surface area contributed by atoms with Crippen molar-refractivity contribution in [2.45, 2.75) is 32.4 Å². The maximum absolute atomic E-state index is 12.7. The summed E-state index contributed by atoms with van der Waals surface area (Å²) >= 11 is 0. The molecule has 26 heavy (non-hydrogen) atoms. The molecule has 0 bridgehead atoms. The van der Waals surface area contributed by atoms with E-state index in [-0.39, 0.29) is 17.2 Å². The number of para-hydroxylation sites is 1. The smallest absolute Gasteiger partial charge is 0.276 e. The first kappa shape index (κ1) is 16.3. The zero-order valence-corrected chi connectivity index (χ0v) is 14.4. The van der Waals surface area contributed by atoms with Crippen molar-refractivity contribution in [1.82, 2.24) is 24.6 Å². The highest BCUT2D eigenvalue weighted by Crippen LogP contribution is 2.13. The fourth-order valence-corrected chi connectivity index (χ4v) is 3.27. The summed E-state index contributed by atoms with van der Waals surface area (Å²) in [6.07, 6.45) is 5.26. The van der Waals surface area contributed by atoms with E-state index in [1.54, 1.807) is 17.8 Å². The number of hydrogen-bond acceptors (Lipinski definition) is 4. The van der Waals surface area contributed by atoms with Gasteiger partial charge in [-0.25, -0.2) is 9.67 Å². The number of amides is 1. The second-order valence-corrected chi connectivity index (χ2v) is 6.45. The average molecular weight is 349 g/mol. The van der Waals surface area contributed by atoms with Crippen LogP contribution in [-0.4, -0.2) is 31.3 Å². The Morgan fingerprint density at radius 1 is 1.27 bits per heavy atom. The van der Waals surface area contributed by atoms with E-state index in [1.165, 1.54) is 6.07 Å². The van der Waals surface area contributed by atoms with Gasteiger partial charge in [0.15, 0.2) is 5.69 Å². The second-order valence-electron chi connectivity index (χ2n) is 6.45. The summed E-state index contributed by atoms with van der Waals surface area (Å²) in [5.74, 6) is 0.587. The monoisotopic (exact) mass is 349 g/mol. The van der Waals surface area contributed by atoms with Crippen molar-refractivity contribution in [3.05, 3.63) is 76.2 Å². The topological polar surface area (TPSA) is 81.8 Å². The van der Waals surface area contributed by atoms with E-state index in [9.17, 15) is 9.59 Å². The van der Waals surface area contributed by atoms with Crippen LogP contribution in [0.3, 0.4) is 0 Å². The summed E-state index contributed by atoms with van der Waals surface area (Å²) in [4.78, 5) is 29.3. The Bertz CT molecular complexity index is 1010. The van der Waals surface area contributed by atoms with Gasteiger partial charge in [-0.15, -0.1) is 0 Å². The molecule has 1 amide bonds. The molecule has 2 aromatic heterocycles. The Morgan fingerprint density at radius 2 is 2.08 bits per heavy atom. The van der Waals surface area contributed by atoms with Gasteiger partial charge in [-0.2, -0.15) is 5.10 Å². The van der Waals surface area contributed by atoms with Crippen molar-refractivity contribution in [3.63, 3.8) is 0 Å². The van der Waals surface area contributed by atoms with Gasteiger partial charge in [-0.05, 0) is 25.5 Å². The van der Waals surface area contributed by atoms with Crippen LogP contribution in [0.5, 0.6) is 0 Å². The van der Waals surface area contributed by atoms with Crippen LogP contribution < -0.4 is 10.7 Å². The number of benzene rings is 1. The van der Waals surface area contributed by atoms with Crippen LogP contribution in [0.2, 0.25) is 0 Å². The number of aromatic nitrogens is 4. The number of carbonyl (C=O) groups excluding carboxylic acids is 1. The first-order valence-electron chi connectivity index (χ1n) is 8.59. The summed E-state index contributed by atoms with van der Waals surface area (Å²) in [5, 5.41) is 7.26. The maximum atomic E-state index is 12.7. The predicted molar refractivity (Wildman–Crippen MR) is 96.4 cm³/mol. The molecule has 0 radical (unpaired) electrons. The lowest BCUT2D eigenvalue weighted by Crippen LogP contribution is -2.43. The molecule has 3 heterocycles. The van der Waals surface area contributed by atoms with Gasteiger partial charge in [-0.1, -0.05) is 18.2 Å². The molecule has 0 fully saturated rings. The Morgan fingerprint density at radius 3 is 2.88 bits per heavy atom. The molecule has 0 unspecified atom stereocenters. The van der Waals surface area contributed by atoms with Gasteiger partial charge in [0.05, 0.1) is 5.69 Å². The first-order valence-corrected chi connectivity index (χ1v) is 8.59. The summed E-state index contributed by atoms with van der Waals surface area (Å²) in [6.45, 7) is 2.45. The zero-order chi connectivity index (χ0) is 18.1. The van der Waals surface area contributed by atoms with Crippen LogP contribution >= 0.6 is 0 Å². The fourth-order valence-electron chi connectivity index (χ4n) is 3.27. The standard InChI is InChI=1S/C19H19N5O2/c1-13-11-16(25)18(22-24(13)15-5-3-2-4-6-15)19(26)21-14-7-8-17-20-9-10-23(17)12-14/h2-6,9-11,14H,7-8,12H2,1H3,(H,21,26)/t14-/m0/s1. The van der Waals surface area contributed by atoms with Crippen molar-refractivity contribution in [3.8, 4) is 5.69 Å². The highest BCUT2D eigenvalue weighted by Gasteiger charge is 2.23. The molecule has 1 aromatic carbocycles. The lowest BCUT2D eigenvalue weighted by molar-refractivity contribution is 0.0919. The Kier molecular flexibility index (Phi) is 4.12. The number of imidazole rings is 1. The minimum Gasteiger partial charge on any atom is -0.346 e. The van der Waals surface area contributed by atoms with Crippen LogP contribution in [0.1, 0.15) is 28.4 Å². The predicted octanol–water partition coefficient (Wildman–Crippen LogP) is 1.48. The van der Waals surface area contributed by atoms with Gasteiger partial charge < -0.3 is 9.88 Å². The van der Waals surface area contributed by atoms with E-state index in [0.29, 0.717) is 12.2 Å². The molecular formula is C19H19N5O2. The first-order chi connectivity index (χ1) is 12.6. The molecular weight excluding hydrogens is 330 g/mol. The third kappa shape index (κ3) is 3.03. The highest BCUT2D eigenvalue weighted by atomic mass is 16.2. The molecule has 7 heteroatoms. The van der Waals surface area contributed by atoms with Gasteiger partial charge in [0.1, 0.15) is 5.82 Å². The Balaban J connectivity index is 1.59. The second kappa shape index (κ2) is 6.59. The van der Waals surface area contributed by atoms with E-state index in [2.05, 4.69) is 15.4 Å². The molecule has 1 N–H and O–H groups in total. The quantitative estimate of drug-likeness (QED) is 0.777. The van der Waals surface area contributed by atoms with Crippen LogP contribution in [0.25, 0.3) is 5.69 Å². The van der Waals surface area contributed by atoms with Gasteiger partial charge >= 0.3 is 0 Å². The lowest BCUT2D eigenvalue weighted by Gasteiger charge is -2.24. The summed E-state index contributed by atoms with van der Waals surface area (Å²) in [6, 6.07) is 10.9. The van der Waals surface area contributed by atoms with Crippen molar-refractivity contribution >= 4 is 5.91 Å². The molecule has 132 valence electrons. The molecule has 0 spiro atoms. The van der Waals surface area contributed by atoms with Gasteiger partial charge in [0, 0.05) is 43.2 Å². The number of rotatable bonds is 3. The number of nitrogens with zero attached hydrogens (tertiary/aromatic N) is 4. The van der Waals surface area contributed by atoms with Gasteiger partial charge in [0.2, 0.25) is 5.43 Å². The third-order valence-corrected chi connectivity index (χ3v) is 4.59. The minimum atomic E-state index is -0.437. The van der Waals surface area contributed by atoms with Gasteiger partial charge in [0.25, 0.3) is 5.91 Å². The number of nitrogens with one attached hydrogen (secondary N) is 1. The zero-order valence-electron chi connectivity index (χ0n) is 14.4. The minimum absolute atomic E-state index is 0.0446. The largest absolute Gasteiger partial charge is 0.346 e. The van der Waals surface area contributed by atoms with Crippen LogP contribution in [0.15, 0.2) is 53.6 Å². The third-order valence-electron chi connectivity index (χ3n) is 4.59. The van der Waals surface area contributed by atoms with Crippen LogP contribution in [0.4, 0.5) is 0 Å². The molecule has 0 saturated heterocycles. The maximum Gasteiger partial charge on any atom is 0.276 e. The van der Waals surface area contributed by atoms with E-state index in [0.717, 1.165) is 24.4 Å². The molecule has 0 saturated carbocycles. The average Bonchev–Trinajstić information content (AvgIpc) is 3.10. The van der Waals surface area contributed by atoms with Crippen molar-refractivity contribution < 1.29 is 4.79 Å². The van der Waals surface area contributed by atoms with Crippen LogP contribution in [-0.2, 0) is 13.0 Å². The number of fused-ring (bicyclic) bond motifs is 1. The summed E-state index contributed by atoms with van der Waals surface area (Å²) in [5.41, 5.74) is 1.03. The van der Waals surface area contributed by atoms with Crippen molar-refractivity contribution in [2.75, 3.05) is 0 Å². The van der Waals surface area contributed by atoms with Crippen molar-refractivity contribution in [2.24, 2.45) is 0 Å². The molecule has 7 nitrogen and oxygen atoms in total. The van der Waals surface area contributed by atoms with E-state index in [4.69, 9.17) is 0 Å². The lowest BCUT2D eigenvalue weighted by atomic mass is 10.1. The molecule has 0 aliphatic carbocycles.